The molecule has 1 fully saturated rings. The monoisotopic (exact) mass is 317 g/mol. The normalized spacial score (nSPS) is 21.0. The molecular formula is C12H19N3O5S. The van der Waals surface area contributed by atoms with Crippen molar-refractivity contribution >= 4 is 16.0 Å². The standard InChI is InChI=1S/C12H19N3O5S/c1-3-19-12(16)10-7-13-14-11(10)21(17,18)15-5-4-6-20-9(2)8-15/h7,9H,3-6,8H2,1-2H3,(H,13,14). The smallest absolute Gasteiger partial charge is 0.342 e. The van der Waals surface area contributed by atoms with Gasteiger partial charge in [0.25, 0.3) is 10.0 Å². The molecule has 1 aromatic rings. The quantitative estimate of drug-likeness (QED) is 0.806. The minimum Gasteiger partial charge on any atom is -0.462 e. The maximum atomic E-state index is 12.7. The minimum atomic E-state index is -3.83. The number of sulfonamides is 1. The molecule has 118 valence electrons. The van der Waals surface area contributed by atoms with Crippen molar-refractivity contribution in [1.82, 2.24) is 14.5 Å². The highest BCUT2D eigenvalue weighted by atomic mass is 32.2. The van der Waals surface area contributed by atoms with Crippen LogP contribution < -0.4 is 0 Å². The molecule has 1 aliphatic heterocycles. The van der Waals surface area contributed by atoms with E-state index in [9.17, 15) is 13.2 Å². The highest BCUT2D eigenvalue weighted by molar-refractivity contribution is 7.89. The zero-order chi connectivity index (χ0) is 15.5. The van der Waals surface area contributed by atoms with E-state index < -0.39 is 16.0 Å². The highest BCUT2D eigenvalue weighted by Crippen LogP contribution is 2.20. The molecule has 0 aromatic carbocycles. The van der Waals surface area contributed by atoms with Crippen LogP contribution >= 0.6 is 0 Å². The number of ether oxygens (including phenoxy) is 2. The number of carbonyl (C=O) groups excluding carboxylic acids is 1. The van der Waals surface area contributed by atoms with E-state index in [1.54, 1.807) is 6.92 Å². The van der Waals surface area contributed by atoms with Gasteiger partial charge in [0, 0.05) is 19.7 Å². The first-order valence-electron chi connectivity index (χ1n) is 6.79. The molecule has 9 heteroatoms. The summed E-state index contributed by atoms with van der Waals surface area (Å²) in [7, 11) is -3.83. The van der Waals surface area contributed by atoms with Crippen molar-refractivity contribution in [3.8, 4) is 0 Å². The van der Waals surface area contributed by atoms with Crippen LogP contribution in [0.15, 0.2) is 11.2 Å². The molecule has 0 bridgehead atoms. The van der Waals surface area contributed by atoms with Gasteiger partial charge in [-0.2, -0.15) is 9.40 Å². The molecule has 2 heterocycles. The number of H-pyrrole nitrogens is 1. The molecule has 1 aliphatic rings. The van der Waals surface area contributed by atoms with E-state index in [1.807, 2.05) is 6.92 Å². The second kappa shape index (κ2) is 6.54. The predicted octanol–water partition coefficient (Wildman–Crippen LogP) is 0.386. The number of aromatic nitrogens is 2. The Bertz CT molecular complexity index is 598. The first-order chi connectivity index (χ1) is 9.96. The highest BCUT2D eigenvalue weighted by Gasteiger charge is 2.33. The van der Waals surface area contributed by atoms with Gasteiger partial charge in [-0.25, -0.2) is 13.2 Å². The Kier molecular flexibility index (Phi) is 4.96. The first-order valence-corrected chi connectivity index (χ1v) is 8.23. The summed E-state index contributed by atoms with van der Waals surface area (Å²) in [5.41, 5.74) is -0.0744. The minimum absolute atomic E-state index is 0.0744. The van der Waals surface area contributed by atoms with Crippen LogP contribution in [0.4, 0.5) is 0 Å². The topological polar surface area (TPSA) is 102 Å². The second-order valence-electron chi connectivity index (χ2n) is 4.73. The molecule has 0 aliphatic carbocycles. The summed E-state index contributed by atoms with van der Waals surface area (Å²) in [5.74, 6) is -0.705. The summed E-state index contributed by atoms with van der Waals surface area (Å²) in [6.07, 6.45) is 1.57. The largest absolute Gasteiger partial charge is 0.462 e. The number of hydrogen-bond donors (Lipinski definition) is 1. The van der Waals surface area contributed by atoms with E-state index in [0.717, 1.165) is 0 Å². The Morgan fingerprint density at radius 1 is 1.62 bits per heavy atom. The van der Waals surface area contributed by atoms with Crippen LogP contribution in [-0.2, 0) is 19.5 Å². The fraction of sp³-hybridized carbons (Fsp3) is 0.667. The van der Waals surface area contributed by atoms with Crippen LogP contribution in [0.1, 0.15) is 30.6 Å². The molecule has 21 heavy (non-hydrogen) atoms. The van der Waals surface area contributed by atoms with Gasteiger partial charge in [0.2, 0.25) is 0 Å². The van der Waals surface area contributed by atoms with E-state index in [4.69, 9.17) is 9.47 Å². The molecule has 1 unspecified atom stereocenters. The number of esters is 1. The number of hydrogen-bond acceptors (Lipinski definition) is 6. The van der Waals surface area contributed by atoms with Crippen molar-refractivity contribution in [3.05, 3.63) is 11.8 Å². The molecular weight excluding hydrogens is 298 g/mol. The lowest BCUT2D eigenvalue weighted by molar-refractivity contribution is 0.0521. The van der Waals surface area contributed by atoms with Crippen LogP contribution in [0.25, 0.3) is 0 Å². The van der Waals surface area contributed by atoms with Gasteiger partial charge in [-0.15, -0.1) is 0 Å². The lowest BCUT2D eigenvalue weighted by Crippen LogP contribution is -2.36. The summed E-state index contributed by atoms with van der Waals surface area (Å²) < 4.78 is 36.9. The molecule has 1 aromatic heterocycles. The zero-order valence-corrected chi connectivity index (χ0v) is 12.9. The lowest BCUT2D eigenvalue weighted by atomic mass is 10.4. The van der Waals surface area contributed by atoms with Crippen molar-refractivity contribution in [2.75, 3.05) is 26.3 Å². The summed E-state index contributed by atoms with van der Waals surface area (Å²) in [6, 6.07) is 0. The van der Waals surface area contributed by atoms with Gasteiger partial charge in [0.15, 0.2) is 5.03 Å². The number of aromatic amines is 1. The molecule has 2 rings (SSSR count). The van der Waals surface area contributed by atoms with E-state index in [2.05, 4.69) is 10.2 Å². The third-order valence-electron chi connectivity index (χ3n) is 3.11. The SMILES string of the molecule is CCOC(=O)c1cn[nH]c1S(=O)(=O)N1CCCOC(C)C1. The van der Waals surface area contributed by atoms with E-state index in [0.29, 0.717) is 19.6 Å². The fourth-order valence-corrected chi connectivity index (χ4v) is 3.74. The molecule has 8 nitrogen and oxygen atoms in total. The van der Waals surface area contributed by atoms with Crippen LogP contribution in [0, 0.1) is 0 Å². The third-order valence-corrected chi connectivity index (χ3v) is 4.95. The average Bonchev–Trinajstić information content (AvgIpc) is 2.83. The third kappa shape index (κ3) is 3.42. The number of rotatable bonds is 4. The van der Waals surface area contributed by atoms with Gasteiger partial charge in [-0.3, -0.25) is 5.10 Å². The van der Waals surface area contributed by atoms with Crippen molar-refractivity contribution < 1.29 is 22.7 Å². The maximum absolute atomic E-state index is 12.7. The Morgan fingerprint density at radius 2 is 2.38 bits per heavy atom. The van der Waals surface area contributed by atoms with Crippen molar-refractivity contribution in [2.45, 2.75) is 31.4 Å². The molecule has 1 atom stereocenters. The molecule has 0 radical (unpaired) electrons. The van der Waals surface area contributed by atoms with Gasteiger partial charge in [0.1, 0.15) is 5.56 Å². The van der Waals surface area contributed by atoms with Crippen LogP contribution in [-0.4, -0.2) is 61.3 Å². The molecule has 0 amide bonds. The predicted molar refractivity (Wildman–Crippen MR) is 73.3 cm³/mol. The van der Waals surface area contributed by atoms with Crippen LogP contribution in [0.3, 0.4) is 0 Å². The maximum Gasteiger partial charge on any atom is 0.342 e. The molecule has 0 saturated carbocycles. The number of nitrogens with zero attached hydrogens (tertiary/aromatic N) is 2. The fourth-order valence-electron chi connectivity index (χ4n) is 2.13. The summed E-state index contributed by atoms with van der Waals surface area (Å²) >= 11 is 0. The Hall–Kier alpha value is -1.45. The summed E-state index contributed by atoms with van der Waals surface area (Å²) in [5, 5.41) is 5.84. The Labute approximate surface area is 123 Å². The average molecular weight is 317 g/mol. The van der Waals surface area contributed by atoms with Gasteiger partial charge in [-0.05, 0) is 20.3 Å². The lowest BCUT2D eigenvalue weighted by Gasteiger charge is -2.21. The number of carbonyl (C=O) groups is 1. The van der Waals surface area contributed by atoms with Crippen molar-refractivity contribution in [3.63, 3.8) is 0 Å². The first kappa shape index (κ1) is 15.9. The van der Waals surface area contributed by atoms with Gasteiger partial charge < -0.3 is 9.47 Å². The molecule has 0 spiro atoms. The molecule has 1 N–H and O–H groups in total. The van der Waals surface area contributed by atoms with Crippen molar-refractivity contribution in [2.24, 2.45) is 0 Å². The van der Waals surface area contributed by atoms with E-state index >= 15 is 0 Å². The zero-order valence-electron chi connectivity index (χ0n) is 12.0. The van der Waals surface area contributed by atoms with Crippen molar-refractivity contribution in [1.29, 1.82) is 0 Å². The summed E-state index contributed by atoms with van der Waals surface area (Å²) in [6.45, 7) is 4.73. The van der Waals surface area contributed by atoms with Crippen LogP contribution in [0.2, 0.25) is 0 Å². The summed E-state index contributed by atoms with van der Waals surface area (Å²) in [4.78, 5) is 11.8. The Balaban J connectivity index is 2.31. The van der Waals surface area contributed by atoms with E-state index in [1.165, 1.54) is 10.5 Å². The van der Waals surface area contributed by atoms with Gasteiger partial charge in [0.05, 0.1) is 18.9 Å². The number of nitrogens with one attached hydrogen (secondary N) is 1. The second-order valence-corrected chi connectivity index (χ2v) is 6.61. The van der Waals surface area contributed by atoms with Gasteiger partial charge in [-0.1, -0.05) is 0 Å². The van der Waals surface area contributed by atoms with Gasteiger partial charge >= 0.3 is 5.97 Å². The van der Waals surface area contributed by atoms with Crippen LogP contribution in [0.5, 0.6) is 0 Å². The molecule has 1 saturated heterocycles. The van der Waals surface area contributed by atoms with E-state index in [-0.39, 0.29) is 29.8 Å². The Morgan fingerprint density at radius 3 is 3.10 bits per heavy atom.